The number of hydrogen-bond acceptors (Lipinski definition) is 4. The van der Waals surface area contributed by atoms with Gasteiger partial charge in [-0.15, -0.1) is 0 Å². The Balaban J connectivity index is 1.82. The average molecular weight is 364 g/mol. The summed E-state index contributed by atoms with van der Waals surface area (Å²) in [6.07, 6.45) is 2.26. The minimum atomic E-state index is 0.176. The largest absolute Gasteiger partial charge is 0.491 e. The number of anilines is 1. The van der Waals surface area contributed by atoms with Crippen molar-refractivity contribution in [1.29, 1.82) is 0 Å². The summed E-state index contributed by atoms with van der Waals surface area (Å²) in [6, 6.07) is 8.49. The van der Waals surface area contributed by atoms with Gasteiger partial charge in [0.2, 0.25) is 0 Å². The van der Waals surface area contributed by atoms with E-state index < -0.39 is 0 Å². The number of rotatable bonds is 11. The van der Waals surface area contributed by atoms with E-state index in [4.69, 9.17) is 14.2 Å². The van der Waals surface area contributed by atoms with Crippen LogP contribution in [0.25, 0.3) is 0 Å². The maximum absolute atomic E-state index is 5.69. The molecule has 0 heterocycles. The fourth-order valence-corrected chi connectivity index (χ4v) is 2.45. The number of methoxy groups -OCH3 is 1. The Morgan fingerprint density at radius 3 is 2.54 bits per heavy atom. The predicted octanol–water partition coefficient (Wildman–Crippen LogP) is 3.29. The zero-order valence-electron chi connectivity index (χ0n) is 16.5. The summed E-state index contributed by atoms with van der Waals surface area (Å²) < 4.78 is 16.1. The molecule has 1 fully saturated rings. The van der Waals surface area contributed by atoms with Gasteiger partial charge in [-0.1, -0.05) is 6.92 Å². The van der Waals surface area contributed by atoms with E-state index >= 15 is 0 Å². The molecule has 0 spiro atoms. The molecule has 146 valence electrons. The Bertz CT molecular complexity index is 546. The summed E-state index contributed by atoms with van der Waals surface area (Å²) in [7, 11) is 1.68. The average Bonchev–Trinajstić information content (AvgIpc) is 3.30. The summed E-state index contributed by atoms with van der Waals surface area (Å²) >= 11 is 0. The van der Waals surface area contributed by atoms with Gasteiger partial charge in [0.25, 0.3) is 0 Å². The first kappa shape index (κ1) is 20.5. The number of hydrogen-bond donors (Lipinski definition) is 2. The maximum atomic E-state index is 5.69. The summed E-state index contributed by atoms with van der Waals surface area (Å²) in [5.41, 5.74) is 0.997. The molecular formula is C20H33N3O3. The van der Waals surface area contributed by atoms with E-state index in [9.17, 15) is 0 Å². The molecule has 0 saturated heterocycles. The maximum Gasteiger partial charge on any atom is 0.196 e. The van der Waals surface area contributed by atoms with Crippen LogP contribution in [0.4, 0.5) is 5.69 Å². The number of benzene rings is 1. The zero-order chi connectivity index (χ0) is 18.8. The molecule has 0 radical (unpaired) electrons. The number of nitrogens with zero attached hydrogens (tertiary/aromatic N) is 1. The number of nitrogens with one attached hydrogen (secondary N) is 2. The van der Waals surface area contributed by atoms with Gasteiger partial charge in [-0.2, -0.15) is 0 Å². The fourth-order valence-electron chi connectivity index (χ4n) is 2.45. The molecule has 0 aromatic heterocycles. The van der Waals surface area contributed by atoms with Gasteiger partial charge in [0.15, 0.2) is 5.96 Å². The Kier molecular flexibility index (Phi) is 8.71. The summed E-state index contributed by atoms with van der Waals surface area (Å²) in [5, 5.41) is 6.88. The summed E-state index contributed by atoms with van der Waals surface area (Å²) in [6.45, 7) is 8.98. The van der Waals surface area contributed by atoms with E-state index in [0.29, 0.717) is 31.8 Å². The van der Waals surface area contributed by atoms with Crippen molar-refractivity contribution >= 4 is 11.6 Å². The molecule has 0 bridgehead atoms. The lowest BCUT2D eigenvalue weighted by atomic mass is 10.3. The quantitative estimate of drug-likeness (QED) is 0.359. The van der Waals surface area contributed by atoms with Gasteiger partial charge in [0, 0.05) is 32.0 Å². The van der Waals surface area contributed by atoms with Crippen LogP contribution in [0.15, 0.2) is 29.3 Å². The molecule has 1 aromatic carbocycles. The van der Waals surface area contributed by atoms with Crippen LogP contribution >= 0.6 is 0 Å². The minimum absolute atomic E-state index is 0.176. The van der Waals surface area contributed by atoms with Crippen molar-refractivity contribution in [1.82, 2.24) is 5.32 Å². The van der Waals surface area contributed by atoms with Crippen LogP contribution in [0.3, 0.4) is 0 Å². The predicted molar refractivity (Wildman–Crippen MR) is 106 cm³/mol. The van der Waals surface area contributed by atoms with E-state index in [-0.39, 0.29) is 6.10 Å². The SMILES string of the molecule is COCCOCCCN=C(Nc1ccc(OC(C)C)cc1)NC1CC1C. The third-order valence-electron chi connectivity index (χ3n) is 4.07. The Morgan fingerprint density at radius 2 is 1.92 bits per heavy atom. The van der Waals surface area contributed by atoms with Gasteiger partial charge in [-0.3, -0.25) is 4.99 Å². The third kappa shape index (κ3) is 8.06. The molecule has 6 nitrogen and oxygen atoms in total. The van der Waals surface area contributed by atoms with Gasteiger partial charge in [-0.05, 0) is 56.9 Å². The van der Waals surface area contributed by atoms with Crippen molar-refractivity contribution in [3.8, 4) is 5.75 Å². The highest BCUT2D eigenvalue weighted by Gasteiger charge is 2.33. The smallest absolute Gasteiger partial charge is 0.196 e. The molecule has 1 saturated carbocycles. The van der Waals surface area contributed by atoms with E-state index in [0.717, 1.165) is 30.4 Å². The molecule has 2 rings (SSSR count). The fraction of sp³-hybridized carbons (Fsp3) is 0.650. The van der Waals surface area contributed by atoms with Gasteiger partial charge >= 0.3 is 0 Å². The molecule has 0 aliphatic heterocycles. The number of ether oxygens (including phenoxy) is 3. The molecule has 1 aliphatic carbocycles. The molecule has 1 aliphatic rings. The Morgan fingerprint density at radius 1 is 1.19 bits per heavy atom. The normalized spacial score (nSPS) is 19.5. The van der Waals surface area contributed by atoms with Crippen molar-refractivity contribution < 1.29 is 14.2 Å². The van der Waals surface area contributed by atoms with Crippen LogP contribution in [0.1, 0.15) is 33.6 Å². The molecular weight excluding hydrogens is 330 g/mol. The van der Waals surface area contributed by atoms with Gasteiger partial charge < -0.3 is 24.8 Å². The minimum Gasteiger partial charge on any atom is -0.491 e. The zero-order valence-corrected chi connectivity index (χ0v) is 16.5. The van der Waals surface area contributed by atoms with Crippen molar-refractivity contribution in [2.45, 2.75) is 45.8 Å². The second kappa shape index (κ2) is 11.0. The van der Waals surface area contributed by atoms with E-state index in [1.54, 1.807) is 7.11 Å². The first-order valence-corrected chi connectivity index (χ1v) is 9.50. The van der Waals surface area contributed by atoms with E-state index in [2.05, 4.69) is 22.5 Å². The monoisotopic (exact) mass is 363 g/mol. The second-order valence-corrected chi connectivity index (χ2v) is 6.97. The van der Waals surface area contributed by atoms with Crippen LogP contribution in [0.2, 0.25) is 0 Å². The van der Waals surface area contributed by atoms with Crippen molar-refractivity contribution in [3.05, 3.63) is 24.3 Å². The van der Waals surface area contributed by atoms with Crippen molar-refractivity contribution in [2.75, 3.05) is 38.8 Å². The lowest BCUT2D eigenvalue weighted by Gasteiger charge is -2.14. The molecule has 6 heteroatoms. The molecule has 26 heavy (non-hydrogen) atoms. The summed E-state index contributed by atoms with van der Waals surface area (Å²) in [5.74, 6) is 2.41. The molecule has 2 unspecified atom stereocenters. The van der Waals surface area contributed by atoms with Gasteiger partial charge in [0.1, 0.15) is 5.75 Å². The molecule has 2 N–H and O–H groups in total. The lowest BCUT2D eigenvalue weighted by Crippen LogP contribution is -2.33. The van der Waals surface area contributed by atoms with E-state index in [1.807, 2.05) is 38.1 Å². The van der Waals surface area contributed by atoms with Gasteiger partial charge in [0.05, 0.1) is 19.3 Å². The van der Waals surface area contributed by atoms with Gasteiger partial charge in [-0.25, -0.2) is 0 Å². The van der Waals surface area contributed by atoms with Crippen LogP contribution in [-0.4, -0.2) is 51.6 Å². The highest BCUT2D eigenvalue weighted by Crippen LogP contribution is 2.29. The molecule has 0 amide bonds. The first-order chi connectivity index (χ1) is 12.6. The highest BCUT2D eigenvalue weighted by atomic mass is 16.5. The molecule has 1 aromatic rings. The van der Waals surface area contributed by atoms with Crippen LogP contribution in [0, 0.1) is 5.92 Å². The number of guanidine groups is 1. The van der Waals surface area contributed by atoms with Crippen LogP contribution < -0.4 is 15.4 Å². The Labute approximate surface area is 157 Å². The second-order valence-electron chi connectivity index (χ2n) is 6.97. The third-order valence-corrected chi connectivity index (χ3v) is 4.07. The lowest BCUT2D eigenvalue weighted by molar-refractivity contribution is 0.0702. The van der Waals surface area contributed by atoms with E-state index in [1.165, 1.54) is 6.42 Å². The van der Waals surface area contributed by atoms with Crippen LogP contribution in [0.5, 0.6) is 5.75 Å². The molecule has 2 atom stereocenters. The number of aliphatic imine (C=N–C) groups is 1. The first-order valence-electron chi connectivity index (χ1n) is 9.50. The van der Waals surface area contributed by atoms with Crippen molar-refractivity contribution in [2.24, 2.45) is 10.9 Å². The Hall–Kier alpha value is -1.79. The standard InChI is InChI=1S/C20H33N3O3/c1-15(2)26-18-8-6-17(7-9-18)22-20(23-19-14-16(19)3)21-10-5-11-25-13-12-24-4/h6-9,15-16,19H,5,10-14H2,1-4H3,(H2,21,22,23). The summed E-state index contributed by atoms with van der Waals surface area (Å²) in [4.78, 5) is 4.67. The highest BCUT2D eigenvalue weighted by molar-refractivity contribution is 5.94. The van der Waals surface area contributed by atoms with Crippen LogP contribution in [-0.2, 0) is 9.47 Å². The van der Waals surface area contributed by atoms with Crippen molar-refractivity contribution in [3.63, 3.8) is 0 Å². The topological polar surface area (TPSA) is 64.1 Å².